The number of nitro benzene ring substituents is 1. The number of nitro groups is 1. The summed E-state index contributed by atoms with van der Waals surface area (Å²) in [6.07, 6.45) is 0. The van der Waals surface area contributed by atoms with E-state index in [0.717, 1.165) is 12.1 Å². The fraction of sp³-hybridized carbons (Fsp3) is 0. The third-order valence-electron chi connectivity index (χ3n) is 2.63. The Bertz CT molecular complexity index is 719. The smallest absolute Gasteiger partial charge is 0.338 e. The van der Waals surface area contributed by atoms with Crippen LogP contribution in [0.2, 0.25) is 5.02 Å². The van der Waals surface area contributed by atoms with E-state index in [2.05, 4.69) is 5.32 Å². The standard InChI is InChI=1S/C13H8ClFN2O4/c14-11-6-9(17(20)21)5-10(13(18)19)12(11)16-8-3-1-7(15)2-4-8/h1-6,16H,(H,18,19). The SMILES string of the molecule is O=C(O)c1cc([N+](=O)[O-])cc(Cl)c1Nc1ccc(F)cc1. The van der Waals surface area contributed by atoms with E-state index in [-0.39, 0.29) is 16.3 Å². The van der Waals surface area contributed by atoms with E-state index in [9.17, 15) is 19.3 Å². The second-order valence-electron chi connectivity index (χ2n) is 4.04. The Balaban J connectivity index is 2.49. The minimum atomic E-state index is -1.37. The quantitative estimate of drug-likeness (QED) is 0.661. The summed E-state index contributed by atoms with van der Waals surface area (Å²) in [5.41, 5.74) is -0.378. The molecule has 21 heavy (non-hydrogen) atoms. The van der Waals surface area contributed by atoms with E-state index in [4.69, 9.17) is 16.7 Å². The number of carboxylic acids is 1. The number of anilines is 2. The molecule has 0 aliphatic rings. The summed E-state index contributed by atoms with van der Waals surface area (Å²) in [4.78, 5) is 21.2. The molecule has 0 aliphatic heterocycles. The molecule has 0 spiro atoms. The molecule has 0 amide bonds. The highest BCUT2D eigenvalue weighted by Crippen LogP contribution is 2.33. The zero-order chi connectivity index (χ0) is 15.6. The first kappa shape index (κ1) is 14.7. The average Bonchev–Trinajstić information content (AvgIpc) is 2.42. The second-order valence-corrected chi connectivity index (χ2v) is 4.45. The summed E-state index contributed by atoms with van der Waals surface area (Å²) in [6, 6.07) is 7.08. The second kappa shape index (κ2) is 5.76. The number of benzene rings is 2. The molecule has 0 heterocycles. The Morgan fingerprint density at radius 3 is 2.43 bits per heavy atom. The molecule has 2 N–H and O–H groups in total. The molecule has 2 rings (SSSR count). The molecule has 8 heteroatoms. The van der Waals surface area contributed by atoms with E-state index in [1.54, 1.807) is 0 Å². The van der Waals surface area contributed by atoms with Crippen LogP contribution in [0.3, 0.4) is 0 Å². The fourth-order valence-corrected chi connectivity index (χ4v) is 1.93. The molecule has 0 bridgehead atoms. The maximum absolute atomic E-state index is 12.8. The molecule has 2 aromatic rings. The van der Waals surface area contributed by atoms with Crippen molar-refractivity contribution >= 4 is 34.6 Å². The zero-order valence-electron chi connectivity index (χ0n) is 10.3. The van der Waals surface area contributed by atoms with Gasteiger partial charge in [-0.25, -0.2) is 9.18 Å². The van der Waals surface area contributed by atoms with Crippen LogP contribution in [0.15, 0.2) is 36.4 Å². The topological polar surface area (TPSA) is 92.5 Å². The fourth-order valence-electron chi connectivity index (χ4n) is 1.67. The van der Waals surface area contributed by atoms with Gasteiger partial charge in [0, 0.05) is 17.8 Å². The highest BCUT2D eigenvalue weighted by molar-refractivity contribution is 6.34. The van der Waals surface area contributed by atoms with Gasteiger partial charge in [0.2, 0.25) is 0 Å². The molecule has 0 fully saturated rings. The van der Waals surface area contributed by atoms with E-state index < -0.39 is 22.4 Å². The van der Waals surface area contributed by atoms with Gasteiger partial charge in [0.1, 0.15) is 5.82 Å². The molecule has 0 aliphatic carbocycles. The summed E-state index contributed by atoms with van der Waals surface area (Å²) in [5, 5.41) is 22.5. The van der Waals surface area contributed by atoms with Gasteiger partial charge in [-0.2, -0.15) is 0 Å². The lowest BCUT2D eigenvalue weighted by atomic mass is 10.1. The van der Waals surface area contributed by atoms with Crippen molar-refractivity contribution in [3.8, 4) is 0 Å². The Kier molecular flexibility index (Phi) is 4.04. The Labute approximate surface area is 122 Å². The summed E-state index contributed by atoms with van der Waals surface area (Å²) in [5.74, 6) is -1.82. The molecule has 0 atom stereocenters. The molecule has 0 unspecified atom stereocenters. The van der Waals surface area contributed by atoms with Crippen LogP contribution in [0.1, 0.15) is 10.4 Å². The van der Waals surface area contributed by atoms with Crippen LogP contribution < -0.4 is 5.32 Å². The van der Waals surface area contributed by atoms with Crippen LogP contribution in [0, 0.1) is 15.9 Å². The van der Waals surface area contributed by atoms with Gasteiger partial charge in [0.05, 0.1) is 21.2 Å². The predicted molar refractivity (Wildman–Crippen MR) is 74.7 cm³/mol. The van der Waals surface area contributed by atoms with Gasteiger partial charge in [-0.1, -0.05) is 11.6 Å². The highest BCUT2D eigenvalue weighted by atomic mass is 35.5. The van der Waals surface area contributed by atoms with Gasteiger partial charge < -0.3 is 10.4 Å². The van der Waals surface area contributed by atoms with Crippen molar-refractivity contribution in [3.63, 3.8) is 0 Å². The van der Waals surface area contributed by atoms with Gasteiger partial charge >= 0.3 is 5.97 Å². The molecule has 0 saturated carbocycles. The summed E-state index contributed by atoms with van der Waals surface area (Å²) < 4.78 is 12.8. The molecule has 0 saturated heterocycles. The maximum atomic E-state index is 12.8. The van der Waals surface area contributed by atoms with Gasteiger partial charge in [0.15, 0.2) is 0 Å². The van der Waals surface area contributed by atoms with Crippen molar-refractivity contribution < 1.29 is 19.2 Å². The number of carbonyl (C=O) groups is 1. The van der Waals surface area contributed by atoms with Gasteiger partial charge in [-0.05, 0) is 24.3 Å². The van der Waals surface area contributed by atoms with Crippen molar-refractivity contribution in [2.75, 3.05) is 5.32 Å². The monoisotopic (exact) mass is 310 g/mol. The number of rotatable bonds is 4. The van der Waals surface area contributed by atoms with E-state index in [1.807, 2.05) is 0 Å². The summed E-state index contributed by atoms with van der Waals surface area (Å²) >= 11 is 5.90. The number of hydrogen-bond acceptors (Lipinski definition) is 4. The van der Waals surface area contributed by atoms with Crippen LogP contribution in [0.5, 0.6) is 0 Å². The number of aromatic carboxylic acids is 1. The van der Waals surface area contributed by atoms with Gasteiger partial charge in [-0.15, -0.1) is 0 Å². The molecule has 0 aromatic heterocycles. The third-order valence-corrected chi connectivity index (χ3v) is 2.93. The zero-order valence-corrected chi connectivity index (χ0v) is 11.1. The first-order valence-corrected chi connectivity index (χ1v) is 6.00. The molecule has 108 valence electrons. The van der Waals surface area contributed by atoms with E-state index in [0.29, 0.717) is 5.69 Å². The number of hydrogen-bond donors (Lipinski definition) is 2. The number of halogens is 2. The van der Waals surface area contributed by atoms with Crippen LogP contribution in [0.25, 0.3) is 0 Å². The minimum absolute atomic E-state index is 0.00127. The highest BCUT2D eigenvalue weighted by Gasteiger charge is 2.20. The van der Waals surface area contributed by atoms with Gasteiger partial charge in [-0.3, -0.25) is 10.1 Å². The minimum Gasteiger partial charge on any atom is -0.478 e. The average molecular weight is 311 g/mol. The van der Waals surface area contributed by atoms with E-state index >= 15 is 0 Å². The van der Waals surface area contributed by atoms with E-state index in [1.165, 1.54) is 24.3 Å². The molecule has 0 radical (unpaired) electrons. The third kappa shape index (κ3) is 3.26. The lowest BCUT2D eigenvalue weighted by Gasteiger charge is -2.11. The van der Waals surface area contributed by atoms with Crippen LogP contribution in [0.4, 0.5) is 21.5 Å². The largest absolute Gasteiger partial charge is 0.478 e. The molecule has 6 nitrogen and oxygen atoms in total. The van der Waals surface area contributed by atoms with Crippen molar-refractivity contribution in [3.05, 3.63) is 62.9 Å². The van der Waals surface area contributed by atoms with Crippen molar-refractivity contribution in [1.29, 1.82) is 0 Å². The Hall–Kier alpha value is -2.67. The Morgan fingerprint density at radius 1 is 1.29 bits per heavy atom. The number of non-ortho nitro benzene ring substituents is 1. The van der Waals surface area contributed by atoms with Crippen molar-refractivity contribution in [2.45, 2.75) is 0 Å². The Morgan fingerprint density at radius 2 is 1.90 bits per heavy atom. The number of carboxylic acid groups (broad SMARTS) is 1. The van der Waals surface area contributed by atoms with Crippen LogP contribution >= 0.6 is 11.6 Å². The predicted octanol–water partition coefficient (Wildman–Crippen LogP) is 3.83. The normalized spacial score (nSPS) is 10.2. The van der Waals surface area contributed by atoms with Crippen LogP contribution in [-0.4, -0.2) is 16.0 Å². The first-order valence-electron chi connectivity index (χ1n) is 5.62. The number of nitrogens with one attached hydrogen (secondary N) is 1. The summed E-state index contributed by atoms with van der Waals surface area (Å²) in [7, 11) is 0. The number of nitrogens with zero attached hydrogens (tertiary/aromatic N) is 1. The molecular weight excluding hydrogens is 303 g/mol. The van der Waals surface area contributed by atoms with Crippen LogP contribution in [-0.2, 0) is 0 Å². The van der Waals surface area contributed by atoms with Gasteiger partial charge in [0.25, 0.3) is 5.69 Å². The summed E-state index contributed by atoms with van der Waals surface area (Å²) in [6.45, 7) is 0. The first-order chi connectivity index (χ1) is 9.88. The van der Waals surface area contributed by atoms with Crippen molar-refractivity contribution in [2.24, 2.45) is 0 Å². The lowest BCUT2D eigenvalue weighted by Crippen LogP contribution is -2.05. The lowest BCUT2D eigenvalue weighted by molar-refractivity contribution is -0.384. The maximum Gasteiger partial charge on any atom is 0.338 e. The molecular formula is C13H8ClFN2O4. The molecule has 2 aromatic carbocycles. The van der Waals surface area contributed by atoms with Crippen molar-refractivity contribution in [1.82, 2.24) is 0 Å².